The first kappa shape index (κ1) is 15.9. The highest BCUT2D eigenvalue weighted by atomic mass is 16.5. The number of carbonyl (C=O) groups is 1. The van der Waals surface area contributed by atoms with Crippen LogP contribution in [0.15, 0.2) is 18.2 Å². The summed E-state index contributed by atoms with van der Waals surface area (Å²) in [5.41, 5.74) is 2.81. The van der Waals surface area contributed by atoms with E-state index in [2.05, 4.69) is 24.4 Å². The number of rotatable bonds is 6. The van der Waals surface area contributed by atoms with E-state index in [1.807, 2.05) is 19.9 Å². The molecule has 1 N–H and O–H groups in total. The van der Waals surface area contributed by atoms with E-state index in [0.29, 0.717) is 0 Å². The van der Waals surface area contributed by atoms with Gasteiger partial charge in [-0.3, -0.25) is 4.79 Å². The predicted molar refractivity (Wildman–Crippen MR) is 85.7 cm³/mol. The first-order valence-electron chi connectivity index (χ1n) is 8.19. The van der Waals surface area contributed by atoms with E-state index >= 15 is 0 Å². The van der Waals surface area contributed by atoms with E-state index in [9.17, 15) is 4.79 Å². The van der Waals surface area contributed by atoms with Crippen LogP contribution in [0.1, 0.15) is 57.6 Å². The molecular formula is C18H27NO2. The highest BCUT2D eigenvalue weighted by Crippen LogP contribution is 2.25. The predicted octanol–water partition coefficient (Wildman–Crippen LogP) is 3.64. The summed E-state index contributed by atoms with van der Waals surface area (Å²) in [5.74, 6) is 0.773. The number of benzene rings is 1. The number of nitrogens with one attached hydrogen (secondary N) is 1. The average molecular weight is 289 g/mol. The summed E-state index contributed by atoms with van der Waals surface area (Å²) in [7, 11) is 0. The van der Waals surface area contributed by atoms with Crippen molar-refractivity contribution in [1.29, 1.82) is 0 Å². The Morgan fingerprint density at radius 3 is 2.67 bits per heavy atom. The highest BCUT2D eigenvalue weighted by Gasteiger charge is 2.17. The molecule has 3 heteroatoms. The van der Waals surface area contributed by atoms with Gasteiger partial charge >= 0.3 is 0 Å². The Kier molecular flexibility index (Phi) is 5.66. The second-order valence-electron chi connectivity index (χ2n) is 6.10. The van der Waals surface area contributed by atoms with Crippen LogP contribution in [0.3, 0.4) is 0 Å². The Hall–Kier alpha value is -1.51. The van der Waals surface area contributed by atoms with Crippen LogP contribution in [0.2, 0.25) is 0 Å². The van der Waals surface area contributed by atoms with Gasteiger partial charge in [0.1, 0.15) is 5.75 Å². The Balaban J connectivity index is 1.92. The number of aryl methyl sites for hydroxylation is 2. The quantitative estimate of drug-likeness (QED) is 0.868. The second kappa shape index (κ2) is 7.48. The van der Waals surface area contributed by atoms with Crippen molar-refractivity contribution in [1.82, 2.24) is 5.32 Å². The van der Waals surface area contributed by atoms with E-state index in [1.54, 1.807) is 0 Å². The van der Waals surface area contributed by atoms with Crippen LogP contribution in [0, 0.1) is 0 Å². The van der Waals surface area contributed by atoms with Crippen molar-refractivity contribution in [3.8, 4) is 5.75 Å². The van der Waals surface area contributed by atoms with Crippen molar-refractivity contribution in [3.63, 3.8) is 0 Å². The lowest BCUT2D eigenvalue weighted by Gasteiger charge is -2.20. The molecule has 1 aliphatic rings. The Bertz CT molecular complexity index is 484. The molecule has 0 radical (unpaired) electrons. The highest BCUT2D eigenvalue weighted by molar-refractivity contribution is 5.80. The average Bonchev–Trinajstić information content (AvgIpc) is 2.47. The molecule has 0 aliphatic heterocycles. The minimum Gasteiger partial charge on any atom is -0.481 e. The van der Waals surface area contributed by atoms with Gasteiger partial charge in [-0.15, -0.1) is 0 Å². The summed E-state index contributed by atoms with van der Waals surface area (Å²) in [6, 6.07) is 6.45. The zero-order valence-corrected chi connectivity index (χ0v) is 13.4. The van der Waals surface area contributed by atoms with Crippen LogP contribution in [0.4, 0.5) is 0 Å². The molecule has 0 saturated carbocycles. The van der Waals surface area contributed by atoms with Crippen LogP contribution in [-0.2, 0) is 17.6 Å². The maximum atomic E-state index is 12.1. The minimum absolute atomic E-state index is 0.0336. The van der Waals surface area contributed by atoms with Crippen molar-refractivity contribution in [2.75, 3.05) is 0 Å². The summed E-state index contributed by atoms with van der Waals surface area (Å²) in [6.45, 7) is 5.97. The van der Waals surface area contributed by atoms with Gasteiger partial charge in [-0.1, -0.05) is 19.4 Å². The van der Waals surface area contributed by atoms with E-state index in [-0.39, 0.29) is 11.9 Å². The standard InChI is InChI=1S/C18H27NO2/c1-4-7-13(2)19-18(20)14(3)21-17-11-10-15-8-5-6-9-16(15)12-17/h10-14H,4-9H2,1-3H3,(H,19,20)/t13-,14-/m1/s1. The molecule has 0 heterocycles. The van der Waals surface area contributed by atoms with Gasteiger partial charge in [-0.2, -0.15) is 0 Å². The topological polar surface area (TPSA) is 38.3 Å². The molecule has 1 amide bonds. The molecule has 0 saturated heterocycles. The molecule has 2 atom stereocenters. The summed E-state index contributed by atoms with van der Waals surface area (Å²) < 4.78 is 5.81. The first-order chi connectivity index (χ1) is 10.1. The monoisotopic (exact) mass is 289 g/mol. The third-order valence-electron chi connectivity index (χ3n) is 4.11. The third kappa shape index (κ3) is 4.48. The lowest BCUT2D eigenvalue weighted by atomic mass is 9.92. The fourth-order valence-corrected chi connectivity index (χ4v) is 2.91. The first-order valence-corrected chi connectivity index (χ1v) is 8.19. The van der Waals surface area contributed by atoms with Gasteiger partial charge in [0.15, 0.2) is 6.10 Å². The molecule has 1 aromatic carbocycles. The van der Waals surface area contributed by atoms with Gasteiger partial charge in [0.2, 0.25) is 0 Å². The van der Waals surface area contributed by atoms with Gasteiger partial charge in [0.25, 0.3) is 5.91 Å². The van der Waals surface area contributed by atoms with Crippen LogP contribution in [0.5, 0.6) is 5.75 Å². The lowest BCUT2D eigenvalue weighted by Crippen LogP contribution is -2.41. The summed E-state index contributed by atoms with van der Waals surface area (Å²) in [6.07, 6.45) is 6.44. The Morgan fingerprint density at radius 1 is 1.24 bits per heavy atom. The molecule has 21 heavy (non-hydrogen) atoms. The number of hydrogen-bond acceptors (Lipinski definition) is 2. The Morgan fingerprint density at radius 2 is 1.95 bits per heavy atom. The van der Waals surface area contributed by atoms with E-state index in [4.69, 9.17) is 4.74 Å². The number of fused-ring (bicyclic) bond motifs is 1. The van der Waals surface area contributed by atoms with Crippen molar-refractivity contribution in [2.24, 2.45) is 0 Å². The molecule has 0 spiro atoms. The number of carbonyl (C=O) groups excluding carboxylic acids is 1. The molecule has 1 aromatic rings. The van der Waals surface area contributed by atoms with Gasteiger partial charge in [-0.25, -0.2) is 0 Å². The molecule has 3 nitrogen and oxygen atoms in total. The molecule has 0 fully saturated rings. The van der Waals surface area contributed by atoms with Crippen LogP contribution >= 0.6 is 0 Å². The normalized spacial score (nSPS) is 16.7. The van der Waals surface area contributed by atoms with Crippen molar-refractivity contribution >= 4 is 5.91 Å². The largest absolute Gasteiger partial charge is 0.481 e. The number of ether oxygens (including phenoxy) is 1. The van der Waals surface area contributed by atoms with Crippen LogP contribution in [-0.4, -0.2) is 18.1 Å². The van der Waals surface area contributed by atoms with E-state index in [1.165, 1.54) is 30.4 Å². The van der Waals surface area contributed by atoms with Gasteiger partial charge in [0.05, 0.1) is 0 Å². The van der Waals surface area contributed by atoms with Crippen LogP contribution in [0.25, 0.3) is 0 Å². The van der Waals surface area contributed by atoms with Gasteiger partial charge < -0.3 is 10.1 Å². The molecule has 0 aromatic heterocycles. The van der Waals surface area contributed by atoms with Crippen molar-refractivity contribution < 1.29 is 9.53 Å². The fourth-order valence-electron chi connectivity index (χ4n) is 2.91. The van der Waals surface area contributed by atoms with E-state index < -0.39 is 6.10 Å². The molecule has 0 bridgehead atoms. The van der Waals surface area contributed by atoms with Gasteiger partial charge in [-0.05, 0) is 69.2 Å². The Labute approximate surface area is 128 Å². The van der Waals surface area contributed by atoms with E-state index in [0.717, 1.165) is 25.0 Å². The molecular weight excluding hydrogens is 262 g/mol. The van der Waals surface area contributed by atoms with Crippen molar-refractivity contribution in [3.05, 3.63) is 29.3 Å². The molecule has 1 aliphatic carbocycles. The molecule has 116 valence electrons. The summed E-state index contributed by atoms with van der Waals surface area (Å²) >= 11 is 0. The maximum Gasteiger partial charge on any atom is 0.260 e. The smallest absolute Gasteiger partial charge is 0.260 e. The second-order valence-corrected chi connectivity index (χ2v) is 6.10. The van der Waals surface area contributed by atoms with Gasteiger partial charge in [0, 0.05) is 6.04 Å². The summed E-state index contributed by atoms with van der Waals surface area (Å²) in [4.78, 5) is 12.1. The molecule has 0 unspecified atom stereocenters. The van der Waals surface area contributed by atoms with Crippen molar-refractivity contribution in [2.45, 2.75) is 71.4 Å². The van der Waals surface area contributed by atoms with Crippen LogP contribution < -0.4 is 10.1 Å². The minimum atomic E-state index is -0.453. The summed E-state index contributed by atoms with van der Waals surface area (Å²) in [5, 5.41) is 3.00. The fraction of sp³-hybridized carbons (Fsp3) is 0.611. The maximum absolute atomic E-state index is 12.1. The zero-order chi connectivity index (χ0) is 15.2. The molecule has 2 rings (SSSR count). The zero-order valence-electron chi connectivity index (χ0n) is 13.4. The lowest BCUT2D eigenvalue weighted by molar-refractivity contribution is -0.127. The SMILES string of the molecule is CCC[C@@H](C)NC(=O)[C@@H](C)Oc1ccc2c(c1)CCCC2. The third-order valence-corrected chi connectivity index (χ3v) is 4.11. The number of amides is 1. The number of hydrogen-bond donors (Lipinski definition) is 1.